The molecule has 1 saturated heterocycles. The van der Waals surface area contributed by atoms with Gasteiger partial charge in [-0.3, -0.25) is 20.0 Å². The van der Waals surface area contributed by atoms with E-state index < -0.39 is 4.92 Å². The zero-order valence-corrected chi connectivity index (χ0v) is 12.4. The van der Waals surface area contributed by atoms with Crippen molar-refractivity contribution in [2.24, 2.45) is 0 Å². The molecule has 1 atom stereocenters. The molecule has 1 aliphatic rings. The minimum atomic E-state index is -0.568. The van der Waals surface area contributed by atoms with Crippen LogP contribution in [0.2, 0.25) is 0 Å². The molecule has 23 heavy (non-hydrogen) atoms. The molecule has 120 valence electrons. The minimum Gasteiger partial charge on any atom is -0.398 e. The summed E-state index contributed by atoms with van der Waals surface area (Å²) in [6, 6.07) is 4.30. The van der Waals surface area contributed by atoms with E-state index in [1.807, 2.05) is 6.20 Å². The number of nitro benzene ring substituents is 1. The summed E-state index contributed by atoms with van der Waals surface area (Å²) in [4.78, 5) is 25.0. The van der Waals surface area contributed by atoms with Gasteiger partial charge >= 0.3 is 0 Å². The Bertz CT molecular complexity index is 729. The summed E-state index contributed by atoms with van der Waals surface area (Å²) in [6.07, 6.45) is 5.35. The maximum atomic E-state index is 12.8. The van der Waals surface area contributed by atoms with Gasteiger partial charge < -0.3 is 10.6 Å². The number of aromatic amines is 1. The highest BCUT2D eigenvalue weighted by atomic mass is 16.6. The van der Waals surface area contributed by atoms with E-state index in [2.05, 4.69) is 10.2 Å². The number of carbonyl (C=O) groups is 1. The second-order valence-corrected chi connectivity index (χ2v) is 5.62. The monoisotopic (exact) mass is 315 g/mol. The number of piperidine rings is 1. The first-order valence-corrected chi connectivity index (χ1v) is 7.38. The number of benzene rings is 1. The lowest BCUT2D eigenvalue weighted by Gasteiger charge is -2.32. The number of anilines is 1. The number of nitrogens with one attached hydrogen (secondary N) is 1. The van der Waals surface area contributed by atoms with Crippen molar-refractivity contribution in [3.63, 3.8) is 0 Å². The quantitative estimate of drug-likeness (QED) is 0.509. The topological polar surface area (TPSA) is 118 Å². The van der Waals surface area contributed by atoms with Gasteiger partial charge in [0.15, 0.2) is 0 Å². The maximum Gasteiger partial charge on any atom is 0.284 e. The summed E-state index contributed by atoms with van der Waals surface area (Å²) in [6.45, 7) is 1.07. The van der Waals surface area contributed by atoms with Crippen LogP contribution >= 0.6 is 0 Å². The fourth-order valence-electron chi connectivity index (χ4n) is 3.02. The smallest absolute Gasteiger partial charge is 0.284 e. The summed E-state index contributed by atoms with van der Waals surface area (Å²) in [5.41, 5.74) is 6.73. The van der Waals surface area contributed by atoms with E-state index in [0.717, 1.165) is 18.4 Å². The lowest BCUT2D eigenvalue weighted by molar-refractivity contribution is -0.385. The largest absolute Gasteiger partial charge is 0.398 e. The van der Waals surface area contributed by atoms with Crippen LogP contribution in [-0.2, 0) is 0 Å². The van der Waals surface area contributed by atoms with Crippen LogP contribution in [0.1, 0.15) is 34.7 Å². The molecule has 3 rings (SSSR count). The van der Waals surface area contributed by atoms with Gasteiger partial charge in [0.1, 0.15) is 5.56 Å². The number of carbonyl (C=O) groups excluding carboxylic acids is 1. The molecule has 2 heterocycles. The van der Waals surface area contributed by atoms with E-state index in [-0.39, 0.29) is 28.8 Å². The fraction of sp³-hybridized carbons (Fsp3) is 0.333. The average molecular weight is 315 g/mol. The molecule has 0 saturated carbocycles. The zero-order valence-electron chi connectivity index (χ0n) is 12.4. The number of nitro groups is 1. The molecule has 1 fully saturated rings. The fourth-order valence-corrected chi connectivity index (χ4v) is 3.02. The first-order valence-electron chi connectivity index (χ1n) is 7.38. The summed E-state index contributed by atoms with van der Waals surface area (Å²) in [5.74, 6) is -0.210. The van der Waals surface area contributed by atoms with E-state index in [1.54, 1.807) is 11.1 Å². The Balaban J connectivity index is 1.87. The number of amides is 1. The molecular formula is C15H17N5O3. The number of hydrogen-bond acceptors (Lipinski definition) is 5. The predicted molar refractivity (Wildman–Crippen MR) is 84.0 cm³/mol. The Labute approximate surface area is 132 Å². The van der Waals surface area contributed by atoms with Gasteiger partial charge in [-0.25, -0.2) is 0 Å². The predicted octanol–water partition coefficient (Wildman–Crippen LogP) is 1.92. The summed E-state index contributed by atoms with van der Waals surface area (Å²) >= 11 is 0. The number of nitrogens with two attached hydrogens (primary N) is 1. The Morgan fingerprint density at radius 2 is 2.30 bits per heavy atom. The summed E-state index contributed by atoms with van der Waals surface area (Å²) < 4.78 is 0. The molecule has 0 aliphatic carbocycles. The number of hydrogen-bond donors (Lipinski definition) is 2. The first-order chi connectivity index (χ1) is 11.1. The SMILES string of the molecule is Nc1cccc([N+](=O)[O-])c1C(=O)N1CCC[C@@H](c2cn[nH]c2)C1. The number of H-pyrrole nitrogens is 1. The van der Waals surface area contributed by atoms with Crippen molar-refractivity contribution in [2.75, 3.05) is 18.8 Å². The van der Waals surface area contributed by atoms with Gasteiger partial charge in [-0.15, -0.1) is 0 Å². The number of nitrogens with zero attached hydrogens (tertiary/aromatic N) is 3. The van der Waals surface area contributed by atoms with Gasteiger partial charge in [-0.05, 0) is 24.5 Å². The molecule has 0 bridgehead atoms. The number of aromatic nitrogens is 2. The van der Waals surface area contributed by atoms with Crippen LogP contribution in [0.4, 0.5) is 11.4 Å². The highest BCUT2D eigenvalue weighted by molar-refractivity contribution is 6.03. The van der Waals surface area contributed by atoms with E-state index in [9.17, 15) is 14.9 Å². The van der Waals surface area contributed by atoms with Crippen molar-refractivity contribution in [1.82, 2.24) is 15.1 Å². The normalized spacial score (nSPS) is 17.9. The van der Waals surface area contributed by atoms with Crippen LogP contribution in [0, 0.1) is 10.1 Å². The molecule has 2 aromatic rings. The highest BCUT2D eigenvalue weighted by Crippen LogP contribution is 2.30. The molecule has 3 N–H and O–H groups in total. The molecule has 1 aliphatic heterocycles. The van der Waals surface area contributed by atoms with Crippen LogP contribution in [0.3, 0.4) is 0 Å². The molecule has 0 unspecified atom stereocenters. The van der Waals surface area contributed by atoms with Crippen molar-refractivity contribution in [2.45, 2.75) is 18.8 Å². The van der Waals surface area contributed by atoms with E-state index in [1.165, 1.54) is 18.2 Å². The van der Waals surface area contributed by atoms with E-state index in [0.29, 0.717) is 13.1 Å². The van der Waals surface area contributed by atoms with Crippen molar-refractivity contribution in [3.8, 4) is 0 Å². The van der Waals surface area contributed by atoms with Crippen LogP contribution in [0.5, 0.6) is 0 Å². The van der Waals surface area contributed by atoms with Crippen LogP contribution in [-0.4, -0.2) is 39.0 Å². The maximum absolute atomic E-state index is 12.8. The number of likely N-dealkylation sites (tertiary alicyclic amines) is 1. The molecule has 0 spiro atoms. The first kappa shape index (κ1) is 15.0. The average Bonchev–Trinajstić information content (AvgIpc) is 3.08. The Hall–Kier alpha value is -2.90. The summed E-state index contributed by atoms with van der Waals surface area (Å²) in [7, 11) is 0. The van der Waals surface area contributed by atoms with Crippen LogP contribution in [0.15, 0.2) is 30.6 Å². The van der Waals surface area contributed by atoms with Gasteiger partial charge in [0.2, 0.25) is 0 Å². The Kier molecular flexibility index (Phi) is 3.96. The van der Waals surface area contributed by atoms with Gasteiger partial charge in [0, 0.05) is 31.3 Å². The van der Waals surface area contributed by atoms with Crippen molar-refractivity contribution in [3.05, 3.63) is 51.8 Å². The third-order valence-electron chi connectivity index (χ3n) is 4.18. The van der Waals surface area contributed by atoms with Crippen molar-refractivity contribution in [1.29, 1.82) is 0 Å². The third kappa shape index (κ3) is 2.87. The molecule has 8 heteroatoms. The van der Waals surface area contributed by atoms with Gasteiger partial charge in [-0.1, -0.05) is 6.07 Å². The molecular weight excluding hydrogens is 298 g/mol. The second kappa shape index (κ2) is 6.07. The second-order valence-electron chi connectivity index (χ2n) is 5.62. The van der Waals surface area contributed by atoms with Crippen molar-refractivity contribution < 1.29 is 9.72 Å². The van der Waals surface area contributed by atoms with Crippen LogP contribution in [0.25, 0.3) is 0 Å². The lowest BCUT2D eigenvalue weighted by atomic mass is 9.92. The lowest BCUT2D eigenvalue weighted by Crippen LogP contribution is -2.39. The molecule has 1 aromatic carbocycles. The van der Waals surface area contributed by atoms with Gasteiger partial charge in [-0.2, -0.15) is 5.10 Å². The number of nitrogen functional groups attached to an aromatic ring is 1. The number of rotatable bonds is 3. The third-order valence-corrected chi connectivity index (χ3v) is 4.18. The van der Waals surface area contributed by atoms with Gasteiger partial charge in [0.05, 0.1) is 16.8 Å². The zero-order chi connectivity index (χ0) is 16.4. The molecule has 1 amide bonds. The van der Waals surface area contributed by atoms with Crippen molar-refractivity contribution >= 4 is 17.3 Å². The van der Waals surface area contributed by atoms with E-state index in [4.69, 9.17) is 5.73 Å². The highest BCUT2D eigenvalue weighted by Gasteiger charge is 2.31. The molecule has 8 nitrogen and oxygen atoms in total. The van der Waals surface area contributed by atoms with Gasteiger partial charge in [0.25, 0.3) is 11.6 Å². The molecule has 0 radical (unpaired) electrons. The Morgan fingerprint density at radius 3 is 3.00 bits per heavy atom. The standard InChI is InChI=1S/C15H17N5O3/c16-12-4-1-5-13(20(22)23)14(12)15(21)19-6-2-3-10(9-19)11-7-17-18-8-11/h1,4-5,7-8,10H,2-3,6,9,16H2,(H,17,18)/t10-/m1/s1. The Morgan fingerprint density at radius 1 is 1.48 bits per heavy atom. The van der Waals surface area contributed by atoms with Crippen LogP contribution < -0.4 is 5.73 Å². The van der Waals surface area contributed by atoms with E-state index >= 15 is 0 Å². The summed E-state index contributed by atoms with van der Waals surface area (Å²) in [5, 5.41) is 17.9. The minimum absolute atomic E-state index is 0.0228. The molecule has 1 aromatic heterocycles.